The second-order valence-corrected chi connectivity index (χ2v) is 5.06. The standard InChI is InChI=1S/C11H18O2/c1-8(12)11-5-3-9(4-6-11)7-10(11,2)13/h9,13H,3-7H2,1-2H3. The van der Waals surface area contributed by atoms with E-state index in [1.54, 1.807) is 6.92 Å². The van der Waals surface area contributed by atoms with E-state index in [0.717, 1.165) is 32.1 Å². The fourth-order valence-corrected chi connectivity index (χ4v) is 3.40. The van der Waals surface area contributed by atoms with Gasteiger partial charge in [0.15, 0.2) is 0 Å². The van der Waals surface area contributed by atoms with Crippen LogP contribution in [-0.2, 0) is 4.79 Å². The predicted octanol–water partition coefficient (Wildman–Crippen LogP) is 1.91. The Kier molecular flexibility index (Phi) is 1.82. The van der Waals surface area contributed by atoms with E-state index in [4.69, 9.17) is 0 Å². The zero-order chi connectivity index (χ0) is 9.69. The van der Waals surface area contributed by atoms with Crippen molar-refractivity contribution in [3.05, 3.63) is 0 Å². The van der Waals surface area contributed by atoms with Crippen LogP contribution in [0.3, 0.4) is 0 Å². The van der Waals surface area contributed by atoms with E-state index < -0.39 is 11.0 Å². The third kappa shape index (κ3) is 1.08. The average Bonchev–Trinajstić information content (AvgIpc) is 2.03. The number of carbonyl (C=O) groups is 1. The molecule has 3 aliphatic rings. The largest absolute Gasteiger partial charge is 0.389 e. The molecule has 0 aromatic carbocycles. The third-order valence-corrected chi connectivity index (χ3v) is 4.35. The van der Waals surface area contributed by atoms with E-state index in [-0.39, 0.29) is 5.78 Å². The lowest BCUT2D eigenvalue weighted by atomic mass is 9.52. The molecule has 0 radical (unpaired) electrons. The summed E-state index contributed by atoms with van der Waals surface area (Å²) in [5, 5.41) is 10.3. The van der Waals surface area contributed by atoms with Gasteiger partial charge in [0.25, 0.3) is 0 Å². The van der Waals surface area contributed by atoms with Gasteiger partial charge >= 0.3 is 0 Å². The molecule has 0 heterocycles. The number of hydrogen-bond acceptors (Lipinski definition) is 2. The summed E-state index contributed by atoms with van der Waals surface area (Å²) in [7, 11) is 0. The van der Waals surface area contributed by atoms with Gasteiger partial charge in [-0.15, -0.1) is 0 Å². The topological polar surface area (TPSA) is 37.3 Å². The van der Waals surface area contributed by atoms with Gasteiger partial charge in [0.2, 0.25) is 0 Å². The Morgan fingerprint density at radius 1 is 1.38 bits per heavy atom. The number of rotatable bonds is 1. The number of ketones is 1. The van der Waals surface area contributed by atoms with Gasteiger partial charge in [-0.2, -0.15) is 0 Å². The van der Waals surface area contributed by atoms with E-state index in [2.05, 4.69) is 0 Å². The van der Waals surface area contributed by atoms with Crippen molar-refractivity contribution in [2.24, 2.45) is 11.3 Å². The first-order chi connectivity index (χ1) is 5.98. The van der Waals surface area contributed by atoms with Crippen molar-refractivity contribution < 1.29 is 9.90 Å². The van der Waals surface area contributed by atoms with E-state index >= 15 is 0 Å². The van der Waals surface area contributed by atoms with Gasteiger partial charge in [-0.25, -0.2) is 0 Å². The minimum atomic E-state index is -0.736. The zero-order valence-electron chi connectivity index (χ0n) is 8.47. The smallest absolute Gasteiger partial charge is 0.138 e. The van der Waals surface area contributed by atoms with Crippen molar-refractivity contribution >= 4 is 5.78 Å². The normalized spacial score (nSPS) is 49.3. The molecule has 1 N–H and O–H groups in total. The number of carbonyl (C=O) groups excluding carboxylic acids is 1. The van der Waals surface area contributed by atoms with Crippen molar-refractivity contribution in [2.45, 2.75) is 51.6 Å². The number of fused-ring (bicyclic) bond motifs is 3. The first-order valence-corrected chi connectivity index (χ1v) is 5.21. The molecule has 2 nitrogen and oxygen atoms in total. The van der Waals surface area contributed by atoms with Crippen molar-refractivity contribution in [3.8, 4) is 0 Å². The summed E-state index contributed by atoms with van der Waals surface area (Å²) in [5.74, 6) is 0.854. The Morgan fingerprint density at radius 2 is 1.92 bits per heavy atom. The van der Waals surface area contributed by atoms with Crippen LogP contribution in [0, 0.1) is 11.3 Å². The number of aliphatic hydroxyl groups is 1. The van der Waals surface area contributed by atoms with Crippen molar-refractivity contribution in [1.82, 2.24) is 0 Å². The van der Waals surface area contributed by atoms with Crippen LogP contribution in [-0.4, -0.2) is 16.5 Å². The van der Waals surface area contributed by atoms with Crippen LogP contribution in [0.2, 0.25) is 0 Å². The predicted molar refractivity (Wildman–Crippen MR) is 50.3 cm³/mol. The van der Waals surface area contributed by atoms with Gasteiger partial charge in [0.05, 0.1) is 11.0 Å². The third-order valence-electron chi connectivity index (χ3n) is 4.35. The molecule has 0 aliphatic heterocycles. The second-order valence-electron chi connectivity index (χ2n) is 5.06. The highest BCUT2D eigenvalue weighted by Crippen LogP contribution is 2.56. The highest BCUT2D eigenvalue weighted by atomic mass is 16.3. The fraction of sp³-hybridized carbons (Fsp3) is 0.909. The van der Waals surface area contributed by atoms with Crippen LogP contribution < -0.4 is 0 Å². The molecule has 2 bridgehead atoms. The summed E-state index contributed by atoms with van der Waals surface area (Å²) in [6.45, 7) is 3.49. The van der Waals surface area contributed by atoms with Gasteiger partial charge in [0, 0.05) is 0 Å². The quantitative estimate of drug-likeness (QED) is 0.672. The van der Waals surface area contributed by atoms with E-state index in [0.29, 0.717) is 5.92 Å². The maximum atomic E-state index is 11.6. The van der Waals surface area contributed by atoms with Crippen molar-refractivity contribution in [3.63, 3.8) is 0 Å². The molecule has 0 aromatic heterocycles. The summed E-state index contributed by atoms with van der Waals surface area (Å²) in [5.41, 5.74) is -1.14. The number of Topliss-reactive ketones (excluding diaryl/α,β-unsaturated/α-hetero) is 1. The van der Waals surface area contributed by atoms with Crippen LogP contribution in [0.25, 0.3) is 0 Å². The van der Waals surface area contributed by atoms with Crippen LogP contribution in [0.15, 0.2) is 0 Å². The van der Waals surface area contributed by atoms with Crippen LogP contribution in [0.4, 0.5) is 0 Å². The molecule has 1 atom stereocenters. The maximum absolute atomic E-state index is 11.6. The SMILES string of the molecule is CC(=O)C12CCC(CC1)CC2(C)O. The molecule has 0 aromatic rings. The zero-order valence-corrected chi connectivity index (χ0v) is 8.47. The molecule has 0 saturated heterocycles. The maximum Gasteiger partial charge on any atom is 0.138 e. The minimum Gasteiger partial charge on any atom is -0.389 e. The Morgan fingerprint density at radius 3 is 2.23 bits per heavy atom. The van der Waals surface area contributed by atoms with E-state index in [1.807, 2.05) is 6.92 Å². The van der Waals surface area contributed by atoms with E-state index in [1.165, 1.54) is 0 Å². The molecular formula is C11H18O2. The molecule has 74 valence electrons. The molecule has 3 rings (SSSR count). The molecule has 0 spiro atoms. The summed E-state index contributed by atoms with van der Waals surface area (Å²) in [4.78, 5) is 11.6. The minimum absolute atomic E-state index is 0.190. The van der Waals surface area contributed by atoms with Gasteiger partial charge in [-0.3, -0.25) is 4.79 Å². The van der Waals surface area contributed by atoms with Gasteiger partial charge in [0.1, 0.15) is 5.78 Å². The fourth-order valence-electron chi connectivity index (χ4n) is 3.40. The molecule has 1 unspecified atom stereocenters. The van der Waals surface area contributed by atoms with Crippen molar-refractivity contribution in [1.29, 1.82) is 0 Å². The molecule has 3 aliphatic carbocycles. The Labute approximate surface area is 79.3 Å². The van der Waals surface area contributed by atoms with Crippen LogP contribution in [0.1, 0.15) is 46.0 Å². The Bertz CT molecular complexity index is 234. The lowest BCUT2D eigenvalue weighted by Gasteiger charge is -2.54. The monoisotopic (exact) mass is 182 g/mol. The van der Waals surface area contributed by atoms with Gasteiger partial charge in [-0.05, 0) is 51.9 Å². The van der Waals surface area contributed by atoms with Gasteiger partial charge in [-0.1, -0.05) is 0 Å². The van der Waals surface area contributed by atoms with Crippen molar-refractivity contribution in [2.75, 3.05) is 0 Å². The summed E-state index contributed by atoms with van der Waals surface area (Å²) >= 11 is 0. The molecule has 0 amide bonds. The van der Waals surface area contributed by atoms with Crippen LogP contribution in [0.5, 0.6) is 0 Å². The molecule has 13 heavy (non-hydrogen) atoms. The summed E-state index contributed by atoms with van der Waals surface area (Å²) in [6, 6.07) is 0. The lowest BCUT2D eigenvalue weighted by Crippen LogP contribution is -2.57. The first kappa shape index (κ1) is 9.20. The Balaban J connectivity index is 2.37. The lowest BCUT2D eigenvalue weighted by molar-refractivity contribution is -0.171. The highest BCUT2D eigenvalue weighted by Gasteiger charge is 2.57. The van der Waals surface area contributed by atoms with Crippen LogP contribution >= 0.6 is 0 Å². The average molecular weight is 182 g/mol. The van der Waals surface area contributed by atoms with Gasteiger partial charge < -0.3 is 5.11 Å². The molecule has 2 heteroatoms. The second kappa shape index (κ2) is 2.57. The summed E-state index contributed by atoms with van der Waals surface area (Å²) < 4.78 is 0. The first-order valence-electron chi connectivity index (χ1n) is 5.21. The molecule has 3 saturated carbocycles. The highest BCUT2D eigenvalue weighted by molar-refractivity contribution is 5.84. The number of hydrogen-bond donors (Lipinski definition) is 1. The molecule has 3 fully saturated rings. The van der Waals surface area contributed by atoms with E-state index in [9.17, 15) is 9.90 Å². The Hall–Kier alpha value is -0.370. The summed E-state index contributed by atoms with van der Waals surface area (Å²) in [6.07, 6.45) is 4.90. The molecular weight excluding hydrogens is 164 g/mol.